The Hall–Kier alpha value is -3.78. The van der Waals surface area contributed by atoms with E-state index in [2.05, 4.69) is 39.5 Å². The Balaban J connectivity index is 1.29. The minimum atomic E-state index is -0.0846. The van der Waals surface area contributed by atoms with Gasteiger partial charge in [-0.25, -0.2) is 4.98 Å². The van der Waals surface area contributed by atoms with E-state index >= 15 is 0 Å². The van der Waals surface area contributed by atoms with Crippen molar-refractivity contribution < 1.29 is 14.2 Å². The molecular formula is C27H28N4O3S. The molecule has 2 unspecified atom stereocenters. The topological polar surface area (TPSA) is 68.2 Å². The van der Waals surface area contributed by atoms with Crippen molar-refractivity contribution in [3.63, 3.8) is 0 Å². The van der Waals surface area contributed by atoms with Crippen LogP contribution in [0.3, 0.4) is 0 Å². The van der Waals surface area contributed by atoms with Gasteiger partial charge in [-0.15, -0.1) is 0 Å². The lowest BCUT2D eigenvalue weighted by atomic mass is 9.90. The Morgan fingerprint density at radius 2 is 1.77 bits per heavy atom. The van der Waals surface area contributed by atoms with Gasteiger partial charge in [0.15, 0.2) is 16.6 Å². The maximum absolute atomic E-state index is 6.32. The molecule has 1 aliphatic carbocycles. The molecule has 1 N–H and O–H groups in total. The first-order valence-corrected chi connectivity index (χ1v) is 12.2. The number of nitrogens with one attached hydrogen (secondary N) is 1. The summed E-state index contributed by atoms with van der Waals surface area (Å²) in [5.74, 6) is 2.90. The quantitative estimate of drug-likeness (QED) is 0.459. The Morgan fingerprint density at radius 1 is 1.00 bits per heavy atom. The smallest absolute Gasteiger partial charge is 0.184 e. The van der Waals surface area contributed by atoms with E-state index in [1.807, 2.05) is 50.5 Å². The molecule has 0 radical (unpaired) electrons. The van der Waals surface area contributed by atoms with Gasteiger partial charge in [-0.05, 0) is 48.1 Å². The molecule has 2 aromatic carbocycles. The highest BCUT2D eigenvalue weighted by Gasteiger charge is 2.31. The number of rotatable bonds is 8. The van der Waals surface area contributed by atoms with Crippen LogP contribution in [0.5, 0.6) is 5.75 Å². The van der Waals surface area contributed by atoms with Gasteiger partial charge in [0.2, 0.25) is 0 Å². The van der Waals surface area contributed by atoms with E-state index in [0.29, 0.717) is 11.5 Å². The summed E-state index contributed by atoms with van der Waals surface area (Å²) in [6.07, 6.45) is 7.66. The second kappa shape index (κ2) is 9.84. The van der Waals surface area contributed by atoms with Crippen LogP contribution in [0.25, 0.3) is 10.2 Å². The molecule has 2 aliphatic rings. The third-order valence-electron chi connectivity index (χ3n) is 6.02. The summed E-state index contributed by atoms with van der Waals surface area (Å²) in [4.78, 5) is 11.4. The zero-order chi connectivity index (χ0) is 24.4. The third-order valence-corrected chi connectivity index (χ3v) is 7.00. The SMILES string of the molecule is COC1=CC2N=CC=C(Oc3ccc4nc(NCc5ccc(N(C)C)cc5)sc4c3)C2C=C1OC. The van der Waals surface area contributed by atoms with Gasteiger partial charge >= 0.3 is 0 Å². The van der Waals surface area contributed by atoms with Crippen LogP contribution in [-0.2, 0) is 16.0 Å². The molecule has 8 heteroatoms. The number of hydrogen-bond donors (Lipinski definition) is 1. The fraction of sp³-hybridized carbons (Fsp3) is 0.259. The second-order valence-corrected chi connectivity index (χ2v) is 9.55. The Morgan fingerprint density at radius 3 is 2.51 bits per heavy atom. The van der Waals surface area contributed by atoms with Crippen LogP contribution in [0.15, 0.2) is 83.0 Å². The molecule has 1 aliphatic heterocycles. The van der Waals surface area contributed by atoms with Gasteiger partial charge in [-0.2, -0.15) is 0 Å². The van der Waals surface area contributed by atoms with Crippen LogP contribution in [-0.4, -0.2) is 45.6 Å². The summed E-state index contributed by atoms with van der Waals surface area (Å²) < 4.78 is 18.3. The van der Waals surface area contributed by atoms with Gasteiger partial charge in [0, 0.05) is 38.6 Å². The Kier molecular flexibility index (Phi) is 6.46. The van der Waals surface area contributed by atoms with E-state index in [9.17, 15) is 0 Å². The number of thiazole rings is 1. The summed E-state index contributed by atoms with van der Waals surface area (Å²) in [5, 5.41) is 4.33. The number of hydrogen-bond acceptors (Lipinski definition) is 8. The molecular weight excluding hydrogens is 460 g/mol. The molecule has 7 nitrogen and oxygen atoms in total. The second-order valence-electron chi connectivity index (χ2n) is 8.52. The molecule has 3 aromatic rings. The van der Waals surface area contributed by atoms with Crippen molar-refractivity contribution in [2.45, 2.75) is 12.6 Å². The summed E-state index contributed by atoms with van der Waals surface area (Å²) >= 11 is 1.62. The largest absolute Gasteiger partial charge is 0.493 e. The summed E-state index contributed by atoms with van der Waals surface area (Å²) in [6.45, 7) is 0.720. The van der Waals surface area contributed by atoms with Crippen molar-refractivity contribution in [2.24, 2.45) is 10.9 Å². The van der Waals surface area contributed by atoms with Crippen molar-refractivity contribution >= 4 is 38.6 Å². The van der Waals surface area contributed by atoms with Crippen molar-refractivity contribution in [3.8, 4) is 5.75 Å². The molecule has 180 valence electrons. The number of anilines is 2. The Labute approximate surface area is 209 Å². The van der Waals surface area contributed by atoms with Gasteiger partial charge in [-0.1, -0.05) is 23.5 Å². The predicted octanol–water partition coefficient (Wildman–Crippen LogP) is 5.38. The van der Waals surface area contributed by atoms with E-state index < -0.39 is 0 Å². The molecule has 2 heterocycles. The molecule has 1 aromatic heterocycles. The lowest BCUT2D eigenvalue weighted by Crippen LogP contribution is -2.27. The molecule has 2 atom stereocenters. The number of methoxy groups -OCH3 is 2. The van der Waals surface area contributed by atoms with E-state index in [0.717, 1.165) is 33.4 Å². The first-order chi connectivity index (χ1) is 17.0. The third kappa shape index (κ3) is 4.88. The fourth-order valence-corrected chi connectivity index (χ4v) is 5.00. The number of dihydropyridines is 1. The first-order valence-electron chi connectivity index (χ1n) is 11.4. The predicted molar refractivity (Wildman–Crippen MR) is 142 cm³/mol. The van der Waals surface area contributed by atoms with Crippen molar-refractivity contribution in [1.82, 2.24) is 4.98 Å². The lowest BCUT2D eigenvalue weighted by molar-refractivity contribution is 0.208. The molecule has 0 saturated carbocycles. The van der Waals surface area contributed by atoms with Crippen molar-refractivity contribution in [1.29, 1.82) is 0 Å². The van der Waals surface area contributed by atoms with Gasteiger partial charge in [0.1, 0.15) is 11.5 Å². The molecule has 0 fully saturated rings. The lowest BCUT2D eigenvalue weighted by Gasteiger charge is -2.29. The zero-order valence-corrected chi connectivity index (χ0v) is 21.0. The van der Waals surface area contributed by atoms with Crippen molar-refractivity contribution in [3.05, 3.63) is 83.5 Å². The highest BCUT2D eigenvalue weighted by Crippen LogP contribution is 2.35. The minimum Gasteiger partial charge on any atom is -0.493 e. The van der Waals surface area contributed by atoms with Gasteiger partial charge < -0.3 is 24.4 Å². The van der Waals surface area contributed by atoms with E-state index in [4.69, 9.17) is 19.2 Å². The van der Waals surface area contributed by atoms with E-state index in [-0.39, 0.29) is 12.0 Å². The average Bonchev–Trinajstić information content (AvgIpc) is 3.29. The monoisotopic (exact) mass is 488 g/mol. The number of benzene rings is 2. The number of fused-ring (bicyclic) bond motifs is 2. The molecule has 0 spiro atoms. The van der Waals surface area contributed by atoms with Gasteiger partial charge in [0.05, 0.1) is 36.4 Å². The van der Waals surface area contributed by atoms with E-state index in [1.54, 1.807) is 31.8 Å². The number of aliphatic imine (C=N–C) groups is 1. The van der Waals surface area contributed by atoms with Gasteiger partial charge in [-0.3, -0.25) is 4.99 Å². The first kappa shape index (κ1) is 23.0. The maximum Gasteiger partial charge on any atom is 0.184 e. The van der Waals surface area contributed by atoms with Crippen LogP contribution in [0.1, 0.15) is 5.56 Å². The Bertz CT molecular complexity index is 1340. The fourth-order valence-electron chi connectivity index (χ4n) is 4.11. The standard InChI is InChI=1S/C27H28N4O3S/c1-31(2)18-7-5-17(6-8-18)16-29-27-30-21-10-9-19(13-26(21)35-27)34-23-11-12-28-22-15-25(33-4)24(32-3)14-20(22)23/h5-15,20,22H,16H2,1-4H3,(H,29,30). The van der Waals surface area contributed by atoms with Crippen LogP contribution in [0.2, 0.25) is 0 Å². The number of aromatic nitrogens is 1. The van der Waals surface area contributed by atoms with Crippen LogP contribution >= 0.6 is 11.3 Å². The van der Waals surface area contributed by atoms with Gasteiger partial charge in [0.25, 0.3) is 0 Å². The normalized spacial score (nSPS) is 18.8. The highest BCUT2D eigenvalue weighted by molar-refractivity contribution is 7.22. The molecule has 5 rings (SSSR count). The molecule has 35 heavy (non-hydrogen) atoms. The molecule has 0 bridgehead atoms. The molecule has 0 saturated heterocycles. The van der Waals surface area contributed by atoms with Crippen LogP contribution in [0.4, 0.5) is 10.8 Å². The van der Waals surface area contributed by atoms with E-state index in [1.165, 1.54) is 11.3 Å². The summed E-state index contributed by atoms with van der Waals surface area (Å²) in [7, 11) is 7.35. The van der Waals surface area contributed by atoms with Crippen molar-refractivity contribution in [2.75, 3.05) is 38.5 Å². The average molecular weight is 489 g/mol. The van der Waals surface area contributed by atoms with Crippen LogP contribution in [0, 0.1) is 5.92 Å². The maximum atomic E-state index is 6.32. The summed E-state index contributed by atoms with van der Waals surface area (Å²) in [6, 6.07) is 14.4. The number of allylic oxidation sites excluding steroid dienone is 1. The van der Waals surface area contributed by atoms with Crippen LogP contribution < -0.4 is 15.0 Å². The minimum absolute atomic E-state index is 0.0536. The molecule has 0 amide bonds. The summed E-state index contributed by atoms with van der Waals surface area (Å²) in [5.41, 5.74) is 3.34. The zero-order valence-electron chi connectivity index (χ0n) is 20.2. The number of ether oxygens (including phenoxy) is 3. The highest BCUT2D eigenvalue weighted by atomic mass is 32.1. The number of nitrogens with zero attached hydrogens (tertiary/aromatic N) is 3.